The van der Waals surface area contributed by atoms with Crippen molar-refractivity contribution < 1.29 is 14.3 Å². The van der Waals surface area contributed by atoms with Crippen molar-refractivity contribution in [2.75, 3.05) is 12.4 Å². The Morgan fingerprint density at radius 2 is 1.80 bits per heavy atom. The number of fused-ring (bicyclic) bond motifs is 2. The van der Waals surface area contributed by atoms with Gasteiger partial charge in [-0.15, -0.1) is 0 Å². The van der Waals surface area contributed by atoms with E-state index in [0.717, 1.165) is 16.3 Å². The second kappa shape index (κ2) is 11.0. The number of aromatic amines is 1. The van der Waals surface area contributed by atoms with Gasteiger partial charge in [0, 0.05) is 46.7 Å². The van der Waals surface area contributed by atoms with Crippen molar-refractivity contribution in [3.63, 3.8) is 0 Å². The van der Waals surface area contributed by atoms with Crippen LogP contribution in [-0.4, -0.2) is 38.2 Å². The van der Waals surface area contributed by atoms with E-state index in [1.807, 2.05) is 49.4 Å². The van der Waals surface area contributed by atoms with Crippen LogP contribution in [0.15, 0.2) is 79.4 Å². The molecule has 0 saturated heterocycles. The lowest BCUT2D eigenvalue weighted by atomic mass is 10.1. The van der Waals surface area contributed by atoms with E-state index in [2.05, 4.69) is 30.5 Å². The first-order chi connectivity index (χ1) is 19.9. The van der Waals surface area contributed by atoms with Gasteiger partial charge in [-0.05, 0) is 43.3 Å². The molecule has 4 heterocycles. The van der Waals surface area contributed by atoms with Gasteiger partial charge in [-0.25, -0.2) is 4.98 Å². The van der Waals surface area contributed by atoms with E-state index >= 15 is 0 Å². The minimum atomic E-state index is -0.432. The Morgan fingerprint density at radius 3 is 2.61 bits per heavy atom. The van der Waals surface area contributed by atoms with Crippen LogP contribution in [0.1, 0.15) is 28.9 Å². The summed E-state index contributed by atoms with van der Waals surface area (Å²) in [6.45, 7) is 1.86. The number of hydrogen-bond acceptors (Lipinski definition) is 7. The summed E-state index contributed by atoms with van der Waals surface area (Å²) in [6.07, 6.45) is 5.92. The van der Waals surface area contributed by atoms with Gasteiger partial charge in [-0.3, -0.25) is 19.9 Å². The van der Waals surface area contributed by atoms with Crippen LogP contribution < -0.4 is 14.8 Å². The van der Waals surface area contributed by atoms with Crippen LogP contribution >= 0.6 is 23.2 Å². The Bertz CT molecular complexity index is 1900. The van der Waals surface area contributed by atoms with Gasteiger partial charge < -0.3 is 14.8 Å². The number of carbonyl (C=O) groups excluding carboxylic acids is 1. The maximum atomic E-state index is 13.3. The highest BCUT2D eigenvalue weighted by molar-refractivity contribution is 6.35. The second-order valence-electron chi connectivity index (χ2n) is 9.17. The lowest BCUT2D eigenvalue weighted by Crippen LogP contribution is -2.14. The summed E-state index contributed by atoms with van der Waals surface area (Å²) in [7, 11) is 1.49. The normalized spacial score (nSPS) is 11.9. The SMILES string of the molecule is COc1ncc(-c2n[nH]c3ccc(OC(C)c4c(Cl)cncc4Cl)cc23)cc1NC(=O)c1cccc2cccnc12. The van der Waals surface area contributed by atoms with Crippen molar-refractivity contribution in [2.24, 2.45) is 0 Å². The summed E-state index contributed by atoms with van der Waals surface area (Å²) in [6, 6.07) is 16.5. The molecule has 9 nitrogen and oxygen atoms in total. The number of nitrogens with zero attached hydrogens (tertiary/aromatic N) is 4. The van der Waals surface area contributed by atoms with E-state index in [1.54, 1.807) is 24.5 Å². The van der Waals surface area contributed by atoms with Crippen molar-refractivity contribution >= 4 is 56.6 Å². The summed E-state index contributed by atoms with van der Waals surface area (Å²) >= 11 is 12.6. The van der Waals surface area contributed by atoms with Crippen LogP contribution in [0.2, 0.25) is 10.0 Å². The van der Waals surface area contributed by atoms with Gasteiger partial charge in [-0.1, -0.05) is 41.4 Å². The molecular weight excluding hydrogens is 563 g/mol. The first kappa shape index (κ1) is 26.5. The van der Waals surface area contributed by atoms with Crippen molar-refractivity contribution in [1.29, 1.82) is 0 Å². The Hall–Kier alpha value is -4.73. The Morgan fingerprint density at radius 1 is 1.00 bits per heavy atom. The quantitative estimate of drug-likeness (QED) is 0.202. The molecule has 0 bridgehead atoms. The number of pyridine rings is 3. The molecule has 1 amide bonds. The summed E-state index contributed by atoms with van der Waals surface area (Å²) in [5.74, 6) is 0.519. The fraction of sp³-hybridized carbons (Fsp3) is 0.100. The summed E-state index contributed by atoms with van der Waals surface area (Å²) in [5.41, 5.74) is 4.16. The molecule has 2 N–H and O–H groups in total. The molecule has 6 rings (SSSR count). The number of halogens is 2. The molecule has 2 aromatic carbocycles. The zero-order valence-corrected chi connectivity index (χ0v) is 23.4. The lowest BCUT2D eigenvalue weighted by molar-refractivity contribution is 0.102. The van der Waals surface area contributed by atoms with Crippen molar-refractivity contribution in [1.82, 2.24) is 25.1 Å². The predicted octanol–water partition coefficient (Wildman–Crippen LogP) is 7.28. The molecule has 4 aromatic heterocycles. The van der Waals surface area contributed by atoms with Crippen LogP contribution in [0.25, 0.3) is 33.1 Å². The summed E-state index contributed by atoms with van der Waals surface area (Å²) in [4.78, 5) is 26.1. The van der Waals surface area contributed by atoms with E-state index in [0.29, 0.717) is 49.4 Å². The highest BCUT2D eigenvalue weighted by Gasteiger charge is 2.19. The number of amides is 1. The molecule has 0 aliphatic carbocycles. The molecule has 204 valence electrons. The number of anilines is 1. The minimum Gasteiger partial charge on any atom is -0.486 e. The molecule has 0 radical (unpaired) electrons. The number of aromatic nitrogens is 5. The second-order valence-corrected chi connectivity index (χ2v) is 9.99. The highest BCUT2D eigenvalue weighted by atomic mass is 35.5. The molecule has 1 atom stereocenters. The smallest absolute Gasteiger partial charge is 0.258 e. The van der Waals surface area contributed by atoms with Gasteiger partial charge in [0.1, 0.15) is 23.2 Å². The van der Waals surface area contributed by atoms with Crippen molar-refractivity contribution in [2.45, 2.75) is 13.0 Å². The number of H-pyrrole nitrogens is 1. The number of methoxy groups -OCH3 is 1. The number of ether oxygens (including phenoxy) is 2. The molecule has 0 spiro atoms. The van der Waals surface area contributed by atoms with Gasteiger partial charge >= 0.3 is 0 Å². The Labute approximate surface area is 244 Å². The van der Waals surface area contributed by atoms with Crippen LogP contribution in [0, 0.1) is 0 Å². The highest BCUT2D eigenvalue weighted by Crippen LogP contribution is 2.36. The number of hydrogen-bond donors (Lipinski definition) is 2. The molecule has 0 aliphatic heterocycles. The lowest BCUT2D eigenvalue weighted by Gasteiger charge is -2.17. The average Bonchev–Trinajstić information content (AvgIpc) is 3.40. The van der Waals surface area contributed by atoms with E-state index in [4.69, 9.17) is 32.7 Å². The van der Waals surface area contributed by atoms with Crippen molar-refractivity contribution in [3.05, 3.63) is 101 Å². The molecule has 1 unspecified atom stereocenters. The van der Waals surface area contributed by atoms with E-state index in [1.165, 1.54) is 19.5 Å². The molecule has 0 aliphatic rings. The third-order valence-corrected chi connectivity index (χ3v) is 7.19. The van der Waals surface area contributed by atoms with E-state index in [9.17, 15) is 4.79 Å². The Balaban J connectivity index is 1.33. The van der Waals surface area contributed by atoms with Crippen molar-refractivity contribution in [3.8, 4) is 22.9 Å². The van der Waals surface area contributed by atoms with Crippen LogP contribution in [-0.2, 0) is 0 Å². The summed E-state index contributed by atoms with van der Waals surface area (Å²) < 4.78 is 11.6. The predicted molar refractivity (Wildman–Crippen MR) is 159 cm³/mol. The topological polar surface area (TPSA) is 115 Å². The zero-order valence-electron chi connectivity index (χ0n) is 21.9. The van der Waals surface area contributed by atoms with Crippen LogP contribution in [0.3, 0.4) is 0 Å². The van der Waals surface area contributed by atoms with Crippen LogP contribution in [0.4, 0.5) is 5.69 Å². The zero-order chi connectivity index (χ0) is 28.5. The van der Waals surface area contributed by atoms with Gasteiger partial charge in [-0.2, -0.15) is 5.10 Å². The molecule has 0 saturated carbocycles. The third-order valence-electron chi connectivity index (χ3n) is 6.59. The minimum absolute atomic E-state index is 0.263. The summed E-state index contributed by atoms with van der Waals surface area (Å²) in [5, 5.41) is 13.0. The molecular formula is C30H22Cl2N6O3. The Kier molecular flexibility index (Phi) is 7.13. The van der Waals surface area contributed by atoms with Gasteiger partial charge in [0.15, 0.2) is 0 Å². The largest absolute Gasteiger partial charge is 0.486 e. The van der Waals surface area contributed by atoms with Gasteiger partial charge in [0.05, 0.1) is 33.8 Å². The van der Waals surface area contributed by atoms with Gasteiger partial charge in [0.2, 0.25) is 5.88 Å². The first-order valence-electron chi connectivity index (χ1n) is 12.6. The first-order valence-corrected chi connectivity index (χ1v) is 13.3. The number of nitrogens with one attached hydrogen (secondary N) is 2. The standard InChI is InChI=1S/C30H22Cl2N6O3/c1-16(26-22(31)14-33-15-23(26)32)41-19-8-9-24-21(12-19)28(38-37-24)18-11-25(30(40-2)35-13-18)36-29(39)20-7-3-5-17-6-4-10-34-27(17)20/h3-16H,1-2H3,(H,36,39)(H,37,38). The number of para-hydroxylation sites is 1. The number of benzene rings is 2. The fourth-order valence-corrected chi connectivity index (χ4v) is 5.34. The maximum Gasteiger partial charge on any atom is 0.258 e. The number of rotatable bonds is 7. The average molecular weight is 585 g/mol. The molecule has 11 heteroatoms. The van der Waals surface area contributed by atoms with E-state index < -0.39 is 6.10 Å². The van der Waals surface area contributed by atoms with Crippen LogP contribution in [0.5, 0.6) is 11.6 Å². The van der Waals surface area contributed by atoms with E-state index in [-0.39, 0.29) is 11.8 Å². The third kappa shape index (κ3) is 5.13. The fourth-order valence-electron chi connectivity index (χ4n) is 4.67. The molecule has 6 aromatic rings. The molecule has 41 heavy (non-hydrogen) atoms. The maximum absolute atomic E-state index is 13.3. The monoisotopic (exact) mass is 584 g/mol. The number of carbonyl (C=O) groups is 1. The van der Waals surface area contributed by atoms with Gasteiger partial charge in [0.25, 0.3) is 5.91 Å². The molecule has 0 fully saturated rings.